The fourth-order valence-corrected chi connectivity index (χ4v) is 2.48. The number of aryl methyl sites for hydroxylation is 1. The predicted molar refractivity (Wildman–Crippen MR) is 104 cm³/mol. The summed E-state index contributed by atoms with van der Waals surface area (Å²) in [6.07, 6.45) is 1.31. The topological polar surface area (TPSA) is 88.5 Å². The first kappa shape index (κ1) is 18.5. The Balaban J connectivity index is 1.61. The molecule has 0 aliphatic rings. The zero-order valence-electron chi connectivity index (χ0n) is 14.5. The van der Waals surface area contributed by atoms with Crippen LogP contribution < -0.4 is 15.7 Å². The molecule has 2 N–H and O–H groups in total. The lowest BCUT2D eigenvalue weighted by atomic mass is 10.3. The van der Waals surface area contributed by atoms with Crippen molar-refractivity contribution < 1.29 is 9.53 Å². The summed E-state index contributed by atoms with van der Waals surface area (Å²) in [6.45, 7) is 1.55. The van der Waals surface area contributed by atoms with E-state index < -0.39 is 5.91 Å². The molecule has 1 amide bonds. The fourth-order valence-electron chi connectivity index (χ4n) is 2.35. The molecule has 0 saturated carbocycles. The van der Waals surface area contributed by atoms with E-state index in [-0.39, 0.29) is 12.2 Å². The summed E-state index contributed by atoms with van der Waals surface area (Å²) in [7, 11) is 0. The molecule has 1 heterocycles. The monoisotopic (exact) mass is 384 g/mol. The minimum Gasteiger partial charge on any atom is -0.484 e. The molecule has 138 valence electrons. The molecule has 7 nitrogen and oxygen atoms in total. The van der Waals surface area contributed by atoms with E-state index in [1.807, 2.05) is 30.3 Å². The van der Waals surface area contributed by atoms with Crippen LogP contribution >= 0.6 is 11.6 Å². The first-order valence-electron chi connectivity index (χ1n) is 8.12. The van der Waals surface area contributed by atoms with Crippen molar-refractivity contribution >= 4 is 23.7 Å². The summed E-state index contributed by atoms with van der Waals surface area (Å²) < 4.78 is 6.74. The number of para-hydroxylation sites is 1. The van der Waals surface area contributed by atoms with E-state index >= 15 is 0 Å². The molecule has 1 aromatic heterocycles. The lowest BCUT2D eigenvalue weighted by molar-refractivity contribution is -0.123. The van der Waals surface area contributed by atoms with E-state index in [1.54, 1.807) is 31.2 Å². The maximum Gasteiger partial charge on any atom is 0.280 e. The van der Waals surface area contributed by atoms with Crippen molar-refractivity contribution in [2.75, 3.05) is 6.61 Å². The number of aromatic amines is 1. The summed E-state index contributed by atoms with van der Waals surface area (Å²) in [4.78, 5) is 24.3. The molecule has 8 heteroatoms. The van der Waals surface area contributed by atoms with Gasteiger partial charge in [-0.2, -0.15) is 5.10 Å². The first-order valence-corrected chi connectivity index (χ1v) is 8.49. The molecular weight excluding hydrogens is 368 g/mol. The number of hydrogen-bond acceptors (Lipinski definition) is 4. The number of rotatable bonds is 6. The highest BCUT2D eigenvalue weighted by molar-refractivity contribution is 6.30. The van der Waals surface area contributed by atoms with Gasteiger partial charge in [0, 0.05) is 10.7 Å². The number of carbonyl (C=O) groups is 1. The van der Waals surface area contributed by atoms with Gasteiger partial charge in [0.05, 0.1) is 17.5 Å². The van der Waals surface area contributed by atoms with Crippen LogP contribution in [0.2, 0.25) is 5.02 Å². The second kappa shape index (κ2) is 8.37. The van der Waals surface area contributed by atoms with Crippen molar-refractivity contribution in [2.45, 2.75) is 6.92 Å². The first-order chi connectivity index (χ1) is 13.0. The lowest BCUT2D eigenvalue weighted by Gasteiger charge is -2.04. The zero-order chi connectivity index (χ0) is 19.2. The van der Waals surface area contributed by atoms with Gasteiger partial charge in [0.25, 0.3) is 11.5 Å². The van der Waals surface area contributed by atoms with E-state index in [4.69, 9.17) is 16.3 Å². The number of nitrogens with zero attached hydrogens (tertiary/aromatic N) is 2. The maximum atomic E-state index is 12.5. The fraction of sp³-hybridized carbons (Fsp3) is 0.105. The SMILES string of the molecule is Cc1[nH]n(-c2ccccc2)c(=O)c1/C=N/NC(=O)COc1ccc(Cl)cc1. The van der Waals surface area contributed by atoms with Crippen LogP contribution in [0, 0.1) is 6.92 Å². The molecule has 0 spiro atoms. The van der Waals surface area contributed by atoms with E-state index in [0.29, 0.717) is 27.7 Å². The Morgan fingerprint density at radius 2 is 1.93 bits per heavy atom. The normalized spacial score (nSPS) is 10.9. The smallest absolute Gasteiger partial charge is 0.280 e. The molecule has 0 aliphatic heterocycles. The van der Waals surface area contributed by atoms with Crippen molar-refractivity contribution in [2.24, 2.45) is 5.10 Å². The highest BCUT2D eigenvalue weighted by Gasteiger charge is 2.10. The van der Waals surface area contributed by atoms with E-state index in [1.165, 1.54) is 10.9 Å². The Kier molecular flexibility index (Phi) is 5.73. The van der Waals surface area contributed by atoms with Crippen LogP contribution in [0.4, 0.5) is 0 Å². The van der Waals surface area contributed by atoms with Gasteiger partial charge in [0.2, 0.25) is 0 Å². The predicted octanol–water partition coefficient (Wildman–Crippen LogP) is 2.66. The van der Waals surface area contributed by atoms with Gasteiger partial charge in [-0.1, -0.05) is 29.8 Å². The van der Waals surface area contributed by atoms with Crippen LogP contribution in [0.3, 0.4) is 0 Å². The van der Waals surface area contributed by atoms with Crippen molar-refractivity contribution in [1.29, 1.82) is 0 Å². The summed E-state index contributed by atoms with van der Waals surface area (Å²) in [5, 5.41) is 7.40. The van der Waals surface area contributed by atoms with Gasteiger partial charge in [-0.25, -0.2) is 10.1 Å². The van der Waals surface area contributed by atoms with Crippen molar-refractivity contribution in [3.8, 4) is 11.4 Å². The Labute approximate surface area is 160 Å². The van der Waals surface area contributed by atoms with Gasteiger partial charge in [-0.3, -0.25) is 14.7 Å². The summed E-state index contributed by atoms with van der Waals surface area (Å²) in [6, 6.07) is 15.8. The highest BCUT2D eigenvalue weighted by Crippen LogP contribution is 2.15. The maximum absolute atomic E-state index is 12.5. The molecule has 2 aromatic carbocycles. The Morgan fingerprint density at radius 3 is 2.63 bits per heavy atom. The number of benzene rings is 2. The number of carbonyl (C=O) groups excluding carboxylic acids is 1. The summed E-state index contributed by atoms with van der Waals surface area (Å²) in [5.74, 6) is 0.0727. The third kappa shape index (κ3) is 4.65. The quantitative estimate of drug-likeness (QED) is 0.506. The van der Waals surface area contributed by atoms with Crippen LogP contribution in [0.15, 0.2) is 64.5 Å². The minimum atomic E-state index is -0.447. The van der Waals surface area contributed by atoms with Gasteiger partial charge in [0.15, 0.2) is 6.61 Å². The van der Waals surface area contributed by atoms with E-state index in [2.05, 4.69) is 15.6 Å². The standard InChI is InChI=1S/C19H17ClN4O3/c1-13-17(19(26)24(23-13)15-5-3-2-4-6-15)11-21-22-18(25)12-27-16-9-7-14(20)8-10-16/h2-11,23H,12H2,1H3,(H,22,25)/b21-11+. The zero-order valence-corrected chi connectivity index (χ0v) is 15.2. The number of hydrazone groups is 1. The van der Waals surface area contributed by atoms with Crippen LogP contribution in [0.5, 0.6) is 5.75 Å². The molecule has 0 saturated heterocycles. The van der Waals surface area contributed by atoms with Crippen molar-refractivity contribution in [3.63, 3.8) is 0 Å². The third-order valence-corrected chi connectivity index (χ3v) is 3.95. The lowest BCUT2D eigenvalue weighted by Crippen LogP contribution is -2.25. The molecule has 0 fully saturated rings. The highest BCUT2D eigenvalue weighted by atomic mass is 35.5. The molecule has 0 radical (unpaired) electrons. The Morgan fingerprint density at radius 1 is 1.22 bits per heavy atom. The largest absolute Gasteiger partial charge is 0.484 e. The number of nitrogens with one attached hydrogen (secondary N) is 2. The molecule has 3 aromatic rings. The van der Waals surface area contributed by atoms with Gasteiger partial charge in [0.1, 0.15) is 5.75 Å². The molecular formula is C19H17ClN4O3. The third-order valence-electron chi connectivity index (χ3n) is 3.70. The average Bonchev–Trinajstić information content (AvgIpc) is 2.96. The molecule has 0 unspecified atom stereocenters. The number of H-pyrrole nitrogens is 1. The molecule has 27 heavy (non-hydrogen) atoms. The van der Waals surface area contributed by atoms with Crippen LogP contribution in [-0.2, 0) is 4.79 Å². The number of ether oxygens (including phenoxy) is 1. The van der Waals surface area contributed by atoms with Crippen LogP contribution in [0.25, 0.3) is 5.69 Å². The Hall–Kier alpha value is -3.32. The molecule has 3 rings (SSSR count). The van der Waals surface area contributed by atoms with Crippen LogP contribution in [0.1, 0.15) is 11.3 Å². The van der Waals surface area contributed by atoms with Gasteiger partial charge in [-0.05, 0) is 43.3 Å². The van der Waals surface area contributed by atoms with Crippen molar-refractivity contribution in [1.82, 2.24) is 15.2 Å². The van der Waals surface area contributed by atoms with Gasteiger partial charge in [-0.15, -0.1) is 0 Å². The summed E-state index contributed by atoms with van der Waals surface area (Å²) >= 11 is 5.78. The summed E-state index contributed by atoms with van der Waals surface area (Å²) in [5.41, 5.74) is 3.79. The second-order valence-electron chi connectivity index (χ2n) is 5.66. The number of halogens is 1. The number of amides is 1. The van der Waals surface area contributed by atoms with Gasteiger partial charge >= 0.3 is 0 Å². The van der Waals surface area contributed by atoms with E-state index in [0.717, 1.165) is 0 Å². The number of hydrogen-bond donors (Lipinski definition) is 2. The van der Waals surface area contributed by atoms with Crippen molar-refractivity contribution in [3.05, 3.63) is 81.2 Å². The number of aromatic nitrogens is 2. The van der Waals surface area contributed by atoms with Crippen LogP contribution in [-0.4, -0.2) is 28.5 Å². The second-order valence-corrected chi connectivity index (χ2v) is 6.10. The molecule has 0 atom stereocenters. The Bertz CT molecular complexity index is 1010. The van der Waals surface area contributed by atoms with Gasteiger partial charge < -0.3 is 4.74 Å². The van der Waals surface area contributed by atoms with E-state index in [9.17, 15) is 9.59 Å². The minimum absolute atomic E-state index is 0.209. The molecule has 0 bridgehead atoms. The molecule has 0 aliphatic carbocycles. The average molecular weight is 385 g/mol.